The third-order valence-corrected chi connectivity index (χ3v) is 3.57. The van der Waals surface area contributed by atoms with E-state index >= 15 is 0 Å². The van der Waals surface area contributed by atoms with Crippen LogP contribution in [0.25, 0.3) is 0 Å². The molecule has 2 atom stereocenters. The molecule has 1 aliphatic rings. The van der Waals surface area contributed by atoms with Crippen molar-refractivity contribution in [3.05, 3.63) is 35.4 Å². The molecule has 3 nitrogen and oxygen atoms in total. The molecule has 1 aliphatic heterocycles. The minimum Gasteiger partial charge on any atom is -0.387 e. The maximum atomic E-state index is 13.4. The lowest BCUT2D eigenvalue weighted by Gasteiger charge is -2.22. The Bertz CT molecular complexity index is 422. The van der Waals surface area contributed by atoms with Crippen LogP contribution in [0.5, 0.6) is 0 Å². The number of halogens is 2. The molecule has 0 saturated carbocycles. The monoisotopic (exact) mass is 285 g/mol. The number of hydrogen-bond donors (Lipinski definition) is 2. The average Bonchev–Trinajstić information content (AvgIpc) is 2.47. The highest BCUT2D eigenvalue weighted by Gasteiger charge is 2.15. The summed E-state index contributed by atoms with van der Waals surface area (Å²) in [5.41, 5.74) is -0.00795. The molecule has 1 aromatic carbocycles. The van der Waals surface area contributed by atoms with E-state index in [-0.39, 0.29) is 18.2 Å². The van der Waals surface area contributed by atoms with Crippen LogP contribution in [0.4, 0.5) is 8.78 Å². The zero-order valence-electron chi connectivity index (χ0n) is 11.4. The highest BCUT2D eigenvalue weighted by Crippen LogP contribution is 2.18. The van der Waals surface area contributed by atoms with E-state index in [4.69, 9.17) is 4.74 Å². The van der Waals surface area contributed by atoms with Crippen LogP contribution in [0.2, 0.25) is 0 Å². The normalized spacial score (nSPS) is 20.9. The zero-order valence-corrected chi connectivity index (χ0v) is 11.4. The first kappa shape index (κ1) is 15.4. The highest BCUT2D eigenvalue weighted by atomic mass is 19.1. The van der Waals surface area contributed by atoms with Crippen molar-refractivity contribution in [3.63, 3.8) is 0 Å². The third-order valence-electron chi connectivity index (χ3n) is 3.57. The summed E-state index contributed by atoms with van der Waals surface area (Å²) >= 11 is 0. The van der Waals surface area contributed by atoms with E-state index in [0.717, 1.165) is 44.1 Å². The molecular weight excluding hydrogens is 264 g/mol. The molecule has 1 aromatic rings. The van der Waals surface area contributed by atoms with Gasteiger partial charge in [-0.25, -0.2) is 8.78 Å². The predicted octanol–water partition coefficient (Wildman–Crippen LogP) is 2.55. The van der Waals surface area contributed by atoms with Crippen molar-refractivity contribution in [2.24, 2.45) is 0 Å². The van der Waals surface area contributed by atoms with Gasteiger partial charge in [-0.05, 0) is 50.4 Å². The van der Waals surface area contributed by atoms with E-state index in [1.165, 1.54) is 6.42 Å². The summed E-state index contributed by atoms with van der Waals surface area (Å²) < 4.78 is 32.1. The number of aliphatic hydroxyl groups excluding tert-OH is 1. The molecule has 0 aliphatic carbocycles. The second-order valence-corrected chi connectivity index (χ2v) is 5.16. The Kier molecular flexibility index (Phi) is 5.88. The molecule has 2 unspecified atom stereocenters. The topological polar surface area (TPSA) is 41.5 Å². The van der Waals surface area contributed by atoms with Gasteiger partial charge in [-0.1, -0.05) is 0 Å². The SMILES string of the molecule is OC(CNCCC1CCCCO1)c1cc(F)ccc1F. The van der Waals surface area contributed by atoms with Gasteiger partial charge in [0, 0.05) is 18.7 Å². The van der Waals surface area contributed by atoms with Gasteiger partial charge in [0.1, 0.15) is 11.6 Å². The van der Waals surface area contributed by atoms with Crippen molar-refractivity contribution >= 4 is 0 Å². The van der Waals surface area contributed by atoms with Gasteiger partial charge in [-0.2, -0.15) is 0 Å². The van der Waals surface area contributed by atoms with Gasteiger partial charge in [0.05, 0.1) is 12.2 Å². The largest absolute Gasteiger partial charge is 0.387 e. The molecule has 2 rings (SSSR count). The fourth-order valence-corrected chi connectivity index (χ4v) is 2.42. The second kappa shape index (κ2) is 7.67. The van der Waals surface area contributed by atoms with Crippen molar-refractivity contribution in [2.75, 3.05) is 19.7 Å². The molecule has 1 fully saturated rings. The number of ether oxygens (including phenoxy) is 1. The molecule has 1 saturated heterocycles. The minimum absolute atomic E-state index is 0.00795. The fourth-order valence-electron chi connectivity index (χ4n) is 2.42. The van der Waals surface area contributed by atoms with Crippen molar-refractivity contribution in [2.45, 2.75) is 37.9 Å². The Morgan fingerprint density at radius 1 is 1.35 bits per heavy atom. The smallest absolute Gasteiger partial charge is 0.129 e. The van der Waals surface area contributed by atoms with Crippen LogP contribution in [0.1, 0.15) is 37.4 Å². The summed E-state index contributed by atoms with van der Waals surface area (Å²) in [6, 6.07) is 3.11. The lowest BCUT2D eigenvalue weighted by atomic mass is 10.1. The molecule has 0 bridgehead atoms. The van der Waals surface area contributed by atoms with Crippen LogP contribution in [-0.2, 0) is 4.74 Å². The van der Waals surface area contributed by atoms with Gasteiger partial charge in [-0.3, -0.25) is 0 Å². The van der Waals surface area contributed by atoms with Gasteiger partial charge in [0.25, 0.3) is 0 Å². The summed E-state index contributed by atoms with van der Waals surface area (Å²) in [6.45, 7) is 1.72. The Hall–Kier alpha value is -1.04. The Morgan fingerprint density at radius 2 is 2.20 bits per heavy atom. The first-order valence-corrected chi connectivity index (χ1v) is 7.12. The molecule has 1 heterocycles. The van der Waals surface area contributed by atoms with Crippen LogP contribution in [0, 0.1) is 11.6 Å². The molecule has 2 N–H and O–H groups in total. The number of benzene rings is 1. The molecular formula is C15H21F2NO2. The number of nitrogens with one attached hydrogen (secondary N) is 1. The van der Waals surface area contributed by atoms with E-state index in [1.807, 2.05) is 0 Å². The first-order valence-electron chi connectivity index (χ1n) is 7.12. The fraction of sp³-hybridized carbons (Fsp3) is 0.600. The third kappa shape index (κ3) is 4.51. The number of rotatable bonds is 6. The molecule has 20 heavy (non-hydrogen) atoms. The summed E-state index contributed by atoms with van der Waals surface area (Å²) in [5.74, 6) is -1.13. The maximum absolute atomic E-state index is 13.4. The first-order chi connectivity index (χ1) is 9.66. The van der Waals surface area contributed by atoms with Gasteiger partial charge in [-0.15, -0.1) is 0 Å². The van der Waals surface area contributed by atoms with E-state index in [2.05, 4.69) is 5.32 Å². The molecule has 112 valence electrons. The lowest BCUT2D eigenvalue weighted by Crippen LogP contribution is -2.28. The molecule has 0 radical (unpaired) electrons. The quantitative estimate of drug-likeness (QED) is 0.789. The van der Waals surface area contributed by atoms with Gasteiger partial charge < -0.3 is 15.2 Å². The Labute approximate surface area is 117 Å². The summed E-state index contributed by atoms with van der Waals surface area (Å²) in [5, 5.41) is 12.9. The van der Waals surface area contributed by atoms with Gasteiger partial charge in [0.2, 0.25) is 0 Å². The van der Waals surface area contributed by atoms with Gasteiger partial charge >= 0.3 is 0 Å². The minimum atomic E-state index is -1.04. The number of hydrogen-bond acceptors (Lipinski definition) is 3. The maximum Gasteiger partial charge on any atom is 0.129 e. The average molecular weight is 285 g/mol. The number of aliphatic hydroxyl groups is 1. The molecule has 0 aromatic heterocycles. The van der Waals surface area contributed by atoms with Crippen molar-refractivity contribution in [1.29, 1.82) is 0 Å². The van der Waals surface area contributed by atoms with Crippen molar-refractivity contribution in [1.82, 2.24) is 5.32 Å². The molecule has 0 amide bonds. The van der Waals surface area contributed by atoms with Crippen LogP contribution >= 0.6 is 0 Å². The van der Waals surface area contributed by atoms with E-state index in [9.17, 15) is 13.9 Å². The van der Waals surface area contributed by atoms with E-state index in [1.54, 1.807) is 0 Å². The lowest BCUT2D eigenvalue weighted by molar-refractivity contribution is 0.0111. The molecule has 5 heteroatoms. The summed E-state index contributed by atoms with van der Waals surface area (Å²) in [7, 11) is 0. The Balaban J connectivity index is 1.71. The highest BCUT2D eigenvalue weighted by molar-refractivity contribution is 5.21. The standard InChI is InChI=1S/C15H21F2NO2/c16-11-4-5-14(17)13(9-11)15(19)10-18-7-6-12-3-1-2-8-20-12/h4-5,9,12,15,18-19H,1-3,6-8,10H2. The predicted molar refractivity (Wildman–Crippen MR) is 72.4 cm³/mol. The van der Waals surface area contributed by atoms with Crippen molar-refractivity contribution in [3.8, 4) is 0 Å². The van der Waals surface area contributed by atoms with Crippen LogP contribution in [-0.4, -0.2) is 30.9 Å². The van der Waals surface area contributed by atoms with E-state index < -0.39 is 17.7 Å². The second-order valence-electron chi connectivity index (χ2n) is 5.16. The van der Waals surface area contributed by atoms with Crippen LogP contribution in [0.3, 0.4) is 0 Å². The summed E-state index contributed by atoms with van der Waals surface area (Å²) in [4.78, 5) is 0. The van der Waals surface area contributed by atoms with Crippen LogP contribution in [0.15, 0.2) is 18.2 Å². The van der Waals surface area contributed by atoms with Crippen LogP contribution < -0.4 is 5.32 Å². The van der Waals surface area contributed by atoms with Crippen molar-refractivity contribution < 1.29 is 18.6 Å². The van der Waals surface area contributed by atoms with Gasteiger partial charge in [0.15, 0.2) is 0 Å². The zero-order chi connectivity index (χ0) is 14.4. The Morgan fingerprint density at radius 3 is 2.95 bits per heavy atom. The molecule has 0 spiro atoms. The summed E-state index contributed by atoms with van der Waals surface area (Å²) in [6.07, 6.45) is 3.50. The van der Waals surface area contributed by atoms with E-state index in [0.29, 0.717) is 6.54 Å².